The van der Waals surface area contributed by atoms with E-state index in [0.717, 1.165) is 7.05 Å². The Morgan fingerprint density at radius 2 is 2.00 bits per heavy atom. The highest BCUT2D eigenvalue weighted by atomic mass is 19.4. The van der Waals surface area contributed by atoms with Gasteiger partial charge in [0.25, 0.3) is 0 Å². The van der Waals surface area contributed by atoms with E-state index in [4.69, 9.17) is 0 Å². The predicted molar refractivity (Wildman–Crippen MR) is 27.9 cm³/mol. The first-order chi connectivity index (χ1) is 4.34. The molecule has 0 atom stereocenters. The second kappa shape index (κ2) is 2.87. The van der Waals surface area contributed by atoms with E-state index < -0.39 is 18.8 Å². The van der Waals surface area contributed by atoms with Gasteiger partial charge < -0.3 is 5.73 Å². The van der Waals surface area contributed by atoms with E-state index in [9.17, 15) is 18.0 Å². The first-order valence-electron chi connectivity index (χ1n) is 2.40. The second-order valence-electron chi connectivity index (χ2n) is 1.79. The van der Waals surface area contributed by atoms with Crippen molar-refractivity contribution >= 4 is 5.91 Å². The molecule has 60 valence electrons. The normalized spacial score (nSPS) is 12.1. The Hall–Kier alpha value is -0.780. The SMILES string of the molecule is CN(CC(N)=O)C(F)(F)F. The Labute approximate surface area is 55.6 Å². The Kier molecular flexibility index (Phi) is 2.65. The summed E-state index contributed by atoms with van der Waals surface area (Å²) in [6.07, 6.45) is -4.48. The largest absolute Gasteiger partial charge is 0.460 e. The number of rotatable bonds is 2. The molecule has 0 aromatic heterocycles. The zero-order valence-corrected chi connectivity index (χ0v) is 5.27. The van der Waals surface area contributed by atoms with Gasteiger partial charge in [0, 0.05) is 0 Å². The number of amides is 1. The zero-order valence-electron chi connectivity index (χ0n) is 5.27. The van der Waals surface area contributed by atoms with Gasteiger partial charge >= 0.3 is 6.30 Å². The highest BCUT2D eigenvalue weighted by Crippen LogP contribution is 2.17. The van der Waals surface area contributed by atoms with Gasteiger partial charge in [-0.25, -0.2) is 4.90 Å². The van der Waals surface area contributed by atoms with Crippen LogP contribution in [0.3, 0.4) is 0 Å². The highest BCUT2D eigenvalue weighted by Gasteiger charge is 2.34. The molecule has 0 bridgehead atoms. The molecule has 0 fully saturated rings. The van der Waals surface area contributed by atoms with E-state index in [0.29, 0.717) is 0 Å². The molecule has 0 aliphatic rings. The second-order valence-corrected chi connectivity index (χ2v) is 1.79. The maximum absolute atomic E-state index is 11.5. The summed E-state index contributed by atoms with van der Waals surface area (Å²) >= 11 is 0. The number of nitrogens with zero attached hydrogens (tertiary/aromatic N) is 1. The average molecular weight is 156 g/mol. The molecule has 0 aliphatic heterocycles. The van der Waals surface area contributed by atoms with Gasteiger partial charge in [-0.3, -0.25) is 4.79 Å². The Bertz CT molecular complexity index is 133. The minimum absolute atomic E-state index is 0.0880. The van der Waals surface area contributed by atoms with Crippen LogP contribution >= 0.6 is 0 Å². The lowest BCUT2D eigenvalue weighted by Gasteiger charge is -2.17. The summed E-state index contributed by atoms with van der Waals surface area (Å²) in [4.78, 5) is 9.85. The topological polar surface area (TPSA) is 46.3 Å². The number of hydrogen-bond donors (Lipinski definition) is 1. The summed E-state index contributed by atoms with van der Waals surface area (Å²) in [5.41, 5.74) is 4.51. The number of carbonyl (C=O) groups excluding carboxylic acids is 1. The molecule has 0 heterocycles. The summed E-state index contributed by atoms with van der Waals surface area (Å²) in [5.74, 6) is -1.00. The predicted octanol–water partition coefficient (Wildman–Crippen LogP) is -0.0767. The van der Waals surface area contributed by atoms with Crippen LogP contribution in [0, 0.1) is 0 Å². The third-order valence-corrected chi connectivity index (χ3v) is 0.826. The van der Waals surface area contributed by atoms with Gasteiger partial charge in [0.1, 0.15) is 0 Å². The molecular weight excluding hydrogens is 149 g/mol. The quantitative estimate of drug-likeness (QED) is 0.568. The zero-order chi connectivity index (χ0) is 8.36. The molecule has 0 unspecified atom stereocenters. The van der Waals surface area contributed by atoms with Crippen molar-refractivity contribution in [3.8, 4) is 0 Å². The molecule has 0 saturated carbocycles. The van der Waals surface area contributed by atoms with Crippen molar-refractivity contribution in [2.45, 2.75) is 6.30 Å². The van der Waals surface area contributed by atoms with Gasteiger partial charge in [-0.2, -0.15) is 13.2 Å². The number of carbonyl (C=O) groups is 1. The van der Waals surface area contributed by atoms with Gasteiger partial charge in [0.15, 0.2) is 0 Å². The monoisotopic (exact) mass is 156 g/mol. The Balaban J connectivity index is 3.85. The molecule has 0 rings (SSSR count). The molecule has 0 spiro atoms. The molecule has 0 saturated heterocycles. The lowest BCUT2D eigenvalue weighted by molar-refractivity contribution is -0.235. The van der Waals surface area contributed by atoms with Crippen LogP contribution in [-0.2, 0) is 4.79 Å². The maximum atomic E-state index is 11.5. The molecular formula is C4H7F3N2O. The van der Waals surface area contributed by atoms with Crippen LogP contribution in [-0.4, -0.2) is 30.7 Å². The third-order valence-electron chi connectivity index (χ3n) is 0.826. The van der Waals surface area contributed by atoms with Crippen molar-refractivity contribution in [3.63, 3.8) is 0 Å². The van der Waals surface area contributed by atoms with Crippen molar-refractivity contribution in [1.29, 1.82) is 0 Å². The van der Waals surface area contributed by atoms with Crippen LogP contribution in [0.15, 0.2) is 0 Å². The molecule has 0 radical (unpaired) electrons. The van der Waals surface area contributed by atoms with Gasteiger partial charge in [-0.15, -0.1) is 0 Å². The first kappa shape index (κ1) is 9.22. The summed E-state index contributed by atoms with van der Waals surface area (Å²) in [7, 11) is 0.755. The van der Waals surface area contributed by atoms with E-state index in [1.165, 1.54) is 0 Å². The molecule has 1 amide bonds. The van der Waals surface area contributed by atoms with Crippen molar-refractivity contribution in [1.82, 2.24) is 4.90 Å². The summed E-state index contributed by atoms with van der Waals surface area (Å²) in [5, 5.41) is 0. The first-order valence-corrected chi connectivity index (χ1v) is 2.40. The van der Waals surface area contributed by atoms with Crippen molar-refractivity contribution in [2.24, 2.45) is 5.73 Å². The Morgan fingerprint density at radius 3 is 2.10 bits per heavy atom. The number of primary amides is 1. The standard InChI is InChI=1S/C4H7F3N2O/c1-9(2-3(8)10)4(5,6)7/h2H2,1H3,(H2,8,10). The van der Waals surface area contributed by atoms with Crippen molar-refractivity contribution in [3.05, 3.63) is 0 Å². The van der Waals surface area contributed by atoms with Gasteiger partial charge in [-0.1, -0.05) is 0 Å². The number of halogens is 3. The fourth-order valence-corrected chi connectivity index (χ4v) is 0.323. The van der Waals surface area contributed by atoms with Crippen LogP contribution in [0.4, 0.5) is 13.2 Å². The summed E-state index contributed by atoms with van der Waals surface area (Å²) in [6.45, 7) is -0.802. The van der Waals surface area contributed by atoms with E-state index in [-0.39, 0.29) is 4.90 Å². The van der Waals surface area contributed by atoms with Crippen LogP contribution in [0.25, 0.3) is 0 Å². The molecule has 6 heteroatoms. The number of likely N-dealkylation sites (N-methyl/N-ethyl adjacent to an activating group) is 1. The Morgan fingerprint density at radius 1 is 1.60 bits per heavy atom. The lowest BCUT2D eigenvalue weighted by Crippen LogP contribution is -2.40. The molecule has 3 nitrogen and oxygen atoms in total. The molecule has 10 heavy (non-hydrogen) atoms. The fourth-order valence-electron chi connectivity index (χ4n) is 0.323. The summed E-state index contributed by atoms with van der Waals surface area (Å²) in [6, 6.07) is 0. The van der Waals surface area contributed by atoms with Crippen molar-refractivity contribution < 1.29 is 18.0 Å². The number of hydrogen-bond acceptors (Lipinski definition) is 2. The van der Waals surface area contributed by atoms with E-state index in [2.05, 4.69) is 5.73 Å². The maximum Gasteiger partial charge on any atom is 0.460 e. The van der Waals surface area contributed by atoms with Crippen LogP contribution in [0.2, 0.25) is 0 Å². The van der Waals surface area contributed by atoms with Gasteiger partial charge in [-0.05, 0) is 7.05 Å². The van der Waals surface area contributed by atoms with Crippen molar-refractivity contribution in [2.75, 3.05) is 13.6 Å². The molecule has 0 aromatic carbocycles. The number of alkyl halides is 3. The van der Waals surface area contributed by atoms with Gasteiger partial charge in [0.05, 0.1) is 6.54 Å². The van der Waals surface area contributed by atoms with E-state index >= 15 is 0 Å². The van der Waals surface area contributed by atoms with Crippen LogP contribution < -0.4 is 5.73 Å². The smallest absolute Gasteiger partial charge is 0.369 e. The highest BCUT2D eigenvalue weighted by molar-refractivity contribution is 5.75. The lowest BCUT2D eigenvalue weighted by atomic mass is 10.6. The van der Waals surface area contributed by atoms with Gasteiger partial charge in [0.2, 0.25) is 5.91 Å². The third kappa shape index (κ3) is 3.29. The fraction of sp³-hybridized carbons (Fsp3) is 0.750. The minimum atomic E-state index is -4.48. The average Bonchev–Trinajstić information content (AvgIpc) is 1.60. The summed E-state index contributed by atoms with van der Waals surface area (Å²) < 4.78 is 34.6. The van der Waals surface area contributed by atoms with E-state index in [1.54, 1.807) is 0 Å². The number of nitrogens with two attached hydrogens (primary N) is 1. The van der Waals surface area contributed by atoms with Crippen LogP contribution in [0.5, 0.6) is 0 Å². The minimum Gasteiger partial charge on any atom is -0.369 e. The molecule has 0 aromatic rings. The molecule has 2 N–H and O–H groups in total. The van der Waals surface area contributed by atoms with Crippen LogP contribution in [0.1, 0.15) is 0 Å². The van der Waals surface area contributed by atoms with E-state index in [1.807, 2.05) is 0 Å². The molecule has 0 aliphatic carbocycles.